The van der Waals surface area contributed by atoms with Crippen LogP contribution in [0.5, 0.6) is 0 Å². The summed E-state index contributed by atoms with van der Waals surface area (Å²) in [5, 5.41) is 2.88. The van der Waals surface area contributed by atoms with Gasteiger partial charge in [0.1, 0.15) is 5.82 Å². The molecule has 1 aliphatic carbocycles. The molecular formula is C22H23F3N4O. The molecule has 1 aromatic heterocycles. The van der Waals surface area contributed by atoms with Crippen LogP contribution in [0.1, 0.15) is 17.5 Å². The zero-order valence-corrected chi connectivity index (χ0v) is 16.3. The number of carbonyl (C=O) groups excluding carboxylic acids is 1. The van der Waals surface area contributed by atoms with Gasteiger partial charge in [-0.05, 0) is 66.1 Å². The Hall–Kier alpha value is -3.03. The Kier molecular flexibility index (Phi) is 5.40. The average Bonchev–Trinajstić information content (AvgIpc) is 3.16. The van der Waals surface area contributed by atoms with Crippen molar-refractivity contribution in [2.75, 3.05) is 30.3 Å². The number of aromatic nitrogens is 1. The summed E-state index contributed by atoms with van der Waals surface area (Å²) in [4.78, 5) is 17.9. The standard InChI is InChI=1S/C22H23F3N4O/c23-22(24,25)15-2-1-3-16(10-15)29-12-18-17(19(18)13-29)8-9-27-21(30)7-5-14-4-6-20(26)28-11-14/h1-7,10-11,17-19H,8-9,12-13H2,(H2,26,28)(H,27,30)/b7-5+. The van der Waals surface area contributed by atoms with Crippen molar-refractivity contribution in [2.24, 2.45) is 17.8 Å². The molecule has 2 fully saturated rings. The minimum atomic E-state index is -4.32. The van der Waals surface area contributed by atoms with Crippen molar-refractivity contribution >= 4 is 23.5 Å². The van der Waals surface area contributed by atoms with Crippen LogP contribution >= 0.6 is 0 Å². The third-order valence-electron chi connectivity index (χ3n) is 5.92. The van der Waals surface area contributed by atoms with E-state index in [4.69, 9.17) is 5.73 Å². The van der Waals surface area contributed by atoms with Gasteiger partial charge in [0.05, 0.1) is 5.56 Å². The van der Waals surface area contributed by atoms with Crippen molar-refractivity contribution in [3.63, 3.8) is 0 Å². The summed E-state index contributed by atoms with van der Waals surface area (Å²) < 4.78 is 38.7. The van der Waals surface area contributed by atoms with E-state index in [1.54, 1.807) is 30.5 Å². The number of nitrogens with two attached hydrogens (primary N) is 1. The second-order valence-electron chi connectivity index (χ2n) is 7.87. The van der Waals surface area contributed by atoms with Crippen LogP contribution in [0.4, 0.5) is 24.7 Å². The van der Waals surface area contributed by atoms with Crippen molar-refractivity contribution in [1.82, 2.24) is 10.3 Å². The number of carbonyl (C=O) groups is 1. The molecule has 1 aromatic carbocycles. The van der Waals surface area contributed by atoms with Crippen LogP contribution in [0.2, 0.25) is 0 Å². The van der Waals surface area contributed by atoms with Gasteiger partial charge in [-0.25, -0.2) is 4.98 Å². The Morgan fingerprint density at radius 3 is 2.67 bits per heavy atom. The van der Waals surface area contributed by atoms with E-state index >= 15 is 0 Å². The molecule has 4 rings (SSSR count). The monoisotopic (exact) mass is 416 g/mol. The van der Waals surface area contributed by atoms with Crippen LogP contribution in [0.15, 0.2) is 48.7 Å². The number of hydrogen-bond acceptors (Lipinski definition) is 4. The molecule has 2 atom stereocenters. The van der Waals surface area contributed by atoms with Crippen LogP contribution in [0.3, 0.4) is 0 Å². The lowest BCUT2D eigenvalue weighted by atomic mass is 10.1. The van der Waals surface area contributed by atoms with E-state index in [1.807, 2.05) is 4.90 Å². The number of alkyl halides is 3. The molecule has 2 unspecified atom stereocenters. The van der Waals surface area contributed by atoms with Gasteiger partial charge in [-0.2, -0.15) is 13.2 Å². The molecule has 3 N–H and O–H groups in total. The van der Waals surface area contributed by atoms with E-state index in [0.29, 0.717) is 35.8 Å². The van der Waals surface area contributed by atoms with Crippen molar-refractivity contribution in [2.45, 2.75) is 12.6 Å². The average molecular weight is 416 g/mol. The molecular weight excluding hydrogens is 393 g/mol. The fourth-order valence-electron chi connectivity index (χ4n) is 4.28. The van der Waals surface area contributed by atoms with Crippen LogP contribution < -0.4 is 16.0 Å². The van der Waals surface area contributed by atoms with Crippen LogP contribution in [0.25, 0.3) is 6.08 Å². The van der Waals surface area contributed by atoms with Gasteiger partial charge in [0.15, 0.2) is 0 Å². The highest BCUT2D eigenvalue weighted by molar-refractivity contribution is 5.91. The molecule has 2 aliphatic rings. The first kappa shape index (κ1) is 20.3. The van der Waals surface area contributed by atoms with Gasteiger partial charge < -0.3 is 16.0 Å². The number of halogens is 3. The summed E-state index contributed by atoms with van der Waals surface area (Å²) >= 11 is 0. The summed E-state index contributed by atoms with van der Waals surface area (Å²) in [5.41, 5.74) is 6.34. The minimum Gasteiger partial charge on any atom is -0.384 e. The number of nitrogens with zero attached hydrogens (tertiary/aromatic N) is 2. The molecule has 1 saturated carbocycles. The highest BCUT2D eigenvalue weighted by Gasteiger charge is 2.54. The predicted octanol–water partition coefficient (Wildman–Crippen LogP) is 3.58. The van der Waals surface area contributed by atoms with Gasteiger partial charge >= 0.3 is 6.18 Å². The Labute approximate surface area is 172 Å². The third-order valence-corrected chi connectivity index (χ3v) is 5.92. The first-order chi connectivity index (χ1) is 14.3. The molecule has 2 aromatic rings. The highest BCUT2D eigenvalue weighted by atomic mass is 19.4. The maximum absolute atomic E-state index is 12.9. The lowest BCUT2D eigenvalue weighted by Crippen LogP contribution is -2.26. The summed E-state index contributed by atoms with van der Waals surface area (Å²) in [6.45, 7) is 2.13. The molecule has 8 heteroatoms. The second-order valence-corrected chi connectivity index (χ2v) is 7.87. The van der Waals surface area contributed by atoms with Crippen molar-refractivity contribution < 1.29 is 18.0 Å². The second kappa shape index (κ2) is 8.01. The molecule has 0 bridgehead atoms. The van der Waals surface area contributed by atoms with Crippen molar-refractivity contribution in [3.8, 4) is 0 Å². The minimum absolute atomic E-state index is 0.164. The number of pyridine rings is 1. The molecule has 30 heavy (non-hydrogen) atoms. The topological polar surface area (TPSA) is 71.2 Å². The SMILES string of the molecule is Nc1ccc(/C=C/C(=O)NCCC2C3CN(c4cccc(C(F)(F)F)c4)CC23)cn1. The lowest BCUT2D eigenvalue weighted by molar-refractivity contribution is -0.137. The summed E-state index contributed by atoms with van der Waals surface area (Å²) in [6.07, 6.45) is 1.31. The summed E-state index contributed by atoms with van der Waals surface area (Å²) in [7, 11) is 0. The van der Waals surface area contributed by atoms with Gasteiger partial charge in [0.2, 0.25) is 5.91 Å². The molecule has 0 radical (unpaired) electrons. The van der Waals surface area contributed by atoms with Crippen LogP contribution in [0, 0.1) is 17.8 Å². The number of nitrogen functional groups attached to an aromatic ring is 1. The van der Waals surface area contributed by atoms with E-state index in [1.165, 1.54) is 18.2 Å². The van der Waals surface area contributed by atoms with Crippen LogP contribution in [-0.4, -0.2) is 30.5 Å². The first-order valence-electron chi connectivity index (χ1n) is 9.91. The van der Waals surface area contributed by atoms with E-state index in [-0.39, 0.29) is 5.91 Å². The fourth-order valence-corrected chi connectivity index (χ4v) is 4.28. The Morgan fingerprint density at radius 2 is 2.00 bits per heavy atom. The quantitative estimate of drug-likeness (QED) is 0.706. The molecule has 1 aliphatic heterocycles. The maximum atomic E-state index is 12.9. The van der Waals surface area contributed by atoms with Gasteiger partial charge in [-0.3, -0.25) is 4.79 Å². The lowest BCUT2D eigenvalue weighted by Gasteiger charge is -2.23. The normalized spacial score (nSPS) is 22.9. The van der Waals surface area contributed by atoms with Gasteiger partial charge in [-0.15, -0.1) is 0 Å². The van der Waals surface area contributed by atoms with Gasteiger partial charge in [-0.1, -0.05) is 6.07 Å². The molecule has 2 heterocycles. The number of anilines is 2. The highest BCUT2D eigenvalue weighted by Crippen LogP contribution is 2.54. The Balaban J connectivity index is 1.20. The molecule has 1 saturated heterocycles. The Bertz CT molecular complexity index is 930. The number of fused-ring (bicyclic) bond motifs is 1. The van der Waals surface area contributed by atoms with E-state index in [9.17, 15) is 18.0 Å². The zero-order chi connectivity index (χ0) is 21.3. The summed E-state index contributed by atoms with van der Waals surface area (Å²) in [5.74, 6) is 1.78. The number of benzene rings is 1. The number of nitrogens with one attached hydrogen (secondary N) is 1. The number of piperidine rings is 1. The molecule has 0 spiro atoms. The largest absolute Gasteiger partial charge is 0.416 e. The zero-order valence-electron chi connectivity index (χ0n) is 16.3. The van der Waals surface area contributed by atoms with E-state index in [2.05, 4.69) is 10.3 Å². The first-order valence-corrected chi connectivity index (χ1v) is 9.91. The maximum Gasteiger partial charge on any atom is 0.416 e. The Morgan fingerprint density at radius 1 is 1.23 bits per heavy atom. The van der Waals surface area contributed by atoms with Crippen molar-refractivity contribution in [1.29, 1.82) is 0 Å². The molecule has 5 nitrogen and oxygen atoms in total. The van der Waals surface area contributed by atoms with E-state index in [0.717, 1.165) is 31.1 Å². The van der Waals surface area contributed by atoms with Crippen molar-refractivity contribution in [3.05, 3.63) is 59.8 Å². The van der Waals surface area contributed by atoms with Gasteiger partial charge in [0, 0.05) is 37.6 Å². The predicted molar refractivity (Wildman–Crippen MR) is 109 cm³/mol. The third kappa shape index (κ3) is 4.58. The molecule has 158 valence electrons. The smallest absolute Gasteiger partial charge is 0.384 e. The number of rotatable bonds is 6. The molecule has 1 amide bonds. The van der Waals surface area contributed by atoms with Crippen LogP contribution in [-0.2, 0) is 11.0 Å². The number of hydrogen-bond donors (Lipinski definition) is 2. The number of amides is 1. The fraction of sp³-hybridized carbons (Fsp3) is 0.364. The van der Waals surface area contributed by atoms with Gasteiger partial charge in [0.25, 0.3) is 0 Å². The summed E-state index contributed by atoms with van der Waals surface area (Å²) in [6, 6.07) is 8.98. The van der Waals surface area contributed by atoms with E-state index < -0.39 is 11.7 Å².